The molecular formula is C16H19NOS. The highest BCUT2D eigenvalue weighted by Gasteiger charge is 2.10. The van der Waals surface area contributed by atoms with E-state index in [0.29, 0.717) is 0 Å². The third-order valence-corrected chi connectivity index (χ3v) is 3.79. The van der Waals surface area contributed by atoms with Crippen LogP contribution in [0.4, 0.5) is 0 Å². The summed E-state index contributed by atoms with van der Waals surface area (Å²) >= 11 is 1.72. The summed E-state index contributed by atoms with van der Waals surface area (Å²) in [5.41, 5.74) is 7.17. The van der Waals surface area contributed by atoms with E-state index in [4.69, 9.17) is 10.5 Å². The molecule has 0 spiro atoms. The van der Waals surface area contributed by atoms with Crippen LogP contribution in [0, 0.1) is 0 Å². The maximum absolute atomic E-state index is 6.11. The van der Waals surface area contributed by atoms with E-state index < -0.39 is 0 Å². The van der Waals surface area contributed by atoms with Crippen molar-refractivity contribution in [2.24, 2.45) is 5.73 Å². The number of para-hydroxylation sites is 1. The van der Waals surface area contributed by atoms with Crippen LogP contribution in [0.3, 0.4) is 0 Å². The molecule has 0 aliphatic rings. The Hall–Kier alpha value is -1.45. The highest BCUT2D eigenvalue weighted by Crippen LogP contribution is 2.30. The minimum absolute atomic E-state index is 0.0154. The first-order valence-electron chi connectivity index (χ1n) is 6.41. The second-order valence-corrected chi connectivity index (χ2v) is 5.21. The van der Waals surface area contributed by atoms with Crippen LogP contribution in [0.2, 0.25) is 0 Å². The van der Waals surface area contributed by atoms with E-state index in [-0.39, 0.29) is 6.04 Å². The van der Waals surface area contributed by atoms with E-state index in [1.165, 1.54) is 4.90 Å². The maximum Gasteiger partial charge on any atom is 0.132 e. The number of rotatable bonds is 5. The zero-order chi connectivity index (χ0) is 13.7. The number of ether oxygens (including phenoxy) is 1. The second kappa shape index (κ2) is 6.64. The lowest BCUT2D eigenvalue weighted by Crippen LogP contribution is -2.09. The Bertz CT molecular complexity index is 525. The van der Waals surface area contributed by atoms with Crippen molar-refractivity contribution in [3.8, 4) is 11.5 Å². The molecule has 2 aromatic rings. The number of nitrogens with two attached hydrogens (primary N) is 1. The van der Waals surface area contributed by atoms with Crippen LogP contribution in [-0.2, 0) is 0 Å². The average Bonchev–Trinajstić information content (AvgIpc) is 2.48. The van der Waals surface area contributed by atoms with E-state index in [9.17, 15) is 0 Å². The molecule has 2 rings (SSSR count). The van der Waals surface area contributed by atoms with Crippen LogP contribution in [0.5, 0.6) is 11.5 Å². The van der Waals surface area contributed by atoms with E-state index >= 15 is 0 Å². The number of benzene rings is 2. The van der Waals surface area contributed by atoms with Gasteiger partial charge in [-0.15, -0.1) is 11.8 Å². The van der Waals surface area contributed by atoms with Gasteiger partial charge in [-0.1, -0.05) is 25.1 Å². The molecule has 2 N–H and O–H groups in total. The summed E-state index contributed by atoms with van der Waals surface area (Å²) in [6.45, 7) is 2.08. The predicted octanol–water partition coefficient (Wildman–Crippen LogP) is 4.61. The van der Waals surface area contributed by atoms with Gasteiger partial charge in [0.15, 0.2) is 0 Å². The highest BCUT2D eigenvalue weighted by molar-refractivity contribution is 7.98. The molecule has 0 aromatic heterocycles. The molecule has 2 nitrogen and oxygen atoms in total. The van der Waals surface area contributed by atoms with Crippen molar-refractivity contribution in [2.75, 3.05) is 6.26 Å². The van der Waals surface area contributed by atoms with Crippen LogP contribution < -0.4 is 10.5 Å². The molecule has 2 aromatic carbocycles. The third kappa shape index (κ3) is 3.52. The largest absolute Gasteiger partial charge is 0.457 e. The van der Waals surface area contributed by atoms with Crippen molar-refractivity contribution in [3.63, 3.8) is 0 Å². The van der Waals surface area contributed by atoms with E-state index in [1.807, 2.05) is 36.4 Å². The van der Waals surface area contributed by atoms with Crippen LogP contribution in [0.15, 0.2) is 53.4 Å². The van der Waals surface area contributed by atoms with Gasteiger partial charge in [-0.05, 0) is 43.0 Å². The van der Waals surface area contributed by atoms with Gasteiger partial charge in [-0.25, -0.2) is 0 Å². The first kappa shape index (κ1) is 14.0. The zero-order valence-electron chi connectivity index (χ0n) is 11.3. The number of thioether (sulfide) groups is 1. The van der Waals surface area contributed by atoms with E-state index in [0.717, 1.165) is 23.5 Å². The SMILES string of the molecule is CCC(N)c1ccccc1Oc1ccc(SC)cc1. The molecule has 0 saturated carbocycles. The molecule has 19 heavy (non-hydrogen) atoms. The van der Waals surface area contributed by atoms with Gasteiger partial charge in [0, 0.05) is 16.5 Å². The fourth-order valence-corrected chi connectivity index (χ4v) is 2.28. The molecule has 3 heteroatoms. The topological polar surface area (TPSA) is 35.2 Å². The molecule has 0 aliphatic heterocycles. The molecule has 0 aliphatic carbocycles. The van der Waals surface area contributed by atoms with E-state index in [2.05, 4.69) is 25.3 Å². The Kier molecular flexibility index (Phi) is 4.88. The number of hydrogen-bond acceptors (Lipinski definition) is 3. The summed E-state index contributed by atoms with van der Waals surface area (Å²) in [4.78, 5) is 1.23. The average molecular weight is 273 g/mol. The van der Waals surface area contributed by atoms with Gasteiger partial charge in [-0.3, -0.25) is 0 Å². The lowest BCUT2D eigenvalue weighted by molar-refractivity contribution is 0.468. The Morgan fingerprint density at radius 2 is 1.79 bits per heavy atom. The first-order valence-corrected chi connectivity index (χ1v) is 7.63. The van der Waals surface area contributed by atoms with Crippen LogP contribution in [0.25, 0.3) is 0 Å². The van der Waals surface area contributed by atoms with Gasteiger partial charge in [0.1, 0.15) is 11.5 Å². The first-order chi connectivity index (χ1) is 9.24. The fraction of sp³-hybridized carbons (Fsp3) is 0.250. The highest BCUT2D eigenvalue weighted by atomic mass is 32.2. The van der Waals surface area contributed by atoms with Crippen molar-refractivity contribution in [1.82, 2.24) is 0 Å². The molecule has 0 bridgehead atoms. The summed E-state index contributed by atoms with van der Waals surface area (Å²) in [7, 11) is 0. The minimum Gasteiger partial charge on any atom is -0.457 e. The van der Waals surface area contributed by atoms with E-state index in [1.54, 1.807) is 11.8 Å². The molecule has 1 unspecified atom stereocenters. The summed E-state index contributed by atoms with van der Waals surface area (Å²) in [5, 5.41) is 0. The van der Waals surface area contributed by atoms with Gasteiger partial charge < -0.3 is 10.5 Å². The van der Waals surface area contributed by atoms with Gasteiger partial charge in [0.2, 0.25) is 0 Å². The summed E-state index contributed by atoms with van der Waals surface area (Å²) in [6.07, 6.45) is 2.96. The van der Waals surface area contributed by atoms with Gasteiger partial charge in [-0.2, -0.15) is 0 Å². The number of hydrogen-bond donors (Lipinski definition) is 1. The molecule has 0 fully saturated rings. The summed E-state index contributed by atoms with van der Waals surface area (Å²) in [6, 6.07) is 16.1. The Morgan fingerprint density at radius 3 is 2.42 bits per heavy atom. The predicted molar refractivity (Wildman–Crippen MR) is 82.0 cm³/mol. The van der Waals surface area contributed by atoms with Crippen molar-refractivity contribution >= 4 is 11.8 Å². The summed E-state index contributed by atoms with van der Waals surface area (Å²) in [5.74, 6) is 1.68. The Labute approximate surface area is 119 Å². The van der Waals surface area contributed by atoms with Crippen LogP contribution in [0.1, 0.15) is 24.9 Å². The normalized spacial score (nSPS) is 12.2. The third-order valence-electron chi connectivity index (χ3n) is 3.05. The lowest BCUT2D eigenvalue weighted by atomic mass is 10.0. The van der Waals surface area contributed by atoms with Crippen molar-refractivity contribution in [2.45, 2.75) is 24.3 Å². The molecular weight excluding hydrogens is 254 g/mol. The monoisotopic (exact) mass is 273 g/mol. The Balaban J connectivity index is 2.22. The quantitative estimate of drug-likeness (QED) is 0.808. The van der Waals surface area contributed by atoms with Crippen molar-refractivity contribution in [3.05, 3.63) is 54.1 Å². The summed E-state index contributed by atoms with van der Waals surface area (Å²) < 4.78 is 5.94. The second-order valence-electron chi connectivity index (χ2n) is 4.33. The minimum atomic E-state index is 0.0154. The molecule has 1 atom stereocenters. The molecule has 100 valence electrons. The van der Waals surface area contributed by atoms with Crippen LogP contribution >= 0.6 is 11.8 Å². The van der Waals surface area contributed by atoms with Crippen LogP contribution in [-0.4, -0.2) is 6.26 Å². The van der Waals surface area contributed by atoms with Gasteiger partial charge in [0.25, 0.3) is 0 Å². The van der Waals surface area contributed by atoms with Gasteiger partial charge >= 0.3 is 0 Å². The lowest BCUT2D eigenvalue weighted by Gasteiger charge is -2.15. The molecule has 0 amide bonds. The van der Waals surface area contributed by atoms with Crippen molar-refractivity contribution in [1.29, 1.82) is 0 Å². The molecule has 0 heterocycles. The zero-order valence-corrected chi connectivity index (χ0v) is 12.1. The molecule has 0 radical (unpaired) electrons. The molecule has 0 saturated heterocycles. The van der Waals surface area contributed by atoms with Gasteiger partial charge in [0.05, 0.1) is 0 Å². The maximum atomic E-state index is 6.11. The standard InChI is InChI=1S/C16H19NOS/c1-3-15(17)14-6-4-5-7-16(14)18-12-8-10-13(19-2)11-9-12/h4-11,15H,3,17H2,1-2H3. The Morgan fingerprint density at radius 1 is 1.11 bits per heavy atom. The van der Waals surface area contributed by atoms with Crippen molar-refractivity contribution < 1.29 is 4.74 Å². The smallest absolute Gasteiger partial charge is 0.132 e. The fourth-order valence-electron chi connectivity index (χ4n) is 1.87.